The van der Waals surface area contributed by atoms with Crippen molar-refractivity contribution in [3.8, 4) is 11.3 Å². The van der Waals surface area contributed by atoms with Crippen LogP contribution in [-0.2, 0) is 19.3 Å². The molecule has 6 rings (SSSR count). The number of aryl methyl sites for hydroxylation is 2. The van der Waals surface area contributed by atoms with Crippen LogP contribution in [0.3, 0.4) is 0 Å². The molecular weight excluding hydrogens is 430 g/mol. The first-order chi connectivity index (χ1) is 15.9. The largest absolute Gasteiger partial charge is 0.236 e. The van der Waals surface area contributed by atoms with Gasteiger partial charge in [-0.1, -0.05) is 60.7 Å². The van der Waals surface area contributed by atoms with Crippen molar-refractivity contribution < 1.29 is 0 Å². The second-order valence-electron chi connectivity index (χ2n) is 8.21. The molecule has 32 heavy (non-hydrogen) atoms. The van der Waals surface area contributed by atoms with Gasteiger partial charge >= 0.3 is 0 Å². The van der Waals surface area contributed by atoms with Gasteiger partial charge in [-0.15, -0.1) is 23.1 Å². The van der Waals surface area contributed by atoms with Crippen LogP contribution in [0.4, 0.5) is 0 Å². The number of fused-ring (bicyclic) bond motifs is 5. The van der Waals surface area contributed by atoms with Crippen molar-refractivity contribution in [2.45, 2.75) is 37.1 Å². The van der Waals surface area contributed by atoms with Gasteiger partial charge in [-0.05, 0) is 48.8 Å². The van der Waals surface area contributed by atoms with Crippen LogP contribution >= 0.6 is 23.1 Å². The Labute approximate surface area is 196 Å². The quantitative estimate of drug-likeness (QED) is 0.210. The molecule has 0 fully saturated rings. The second-order valence-corrected chi connectivity index (χ2v) is 10.3. The first-order valence-electron chi connectivity index (χ1n) is 11.2. The molecule has 0 atom stereocenters. The summed E-state index contributed by atoms with van der Waals surface area (Å²) in [5.41, 5.74) is 7.72. The van der Waals surface area contributed by atoms with Crippen molar-refractivity contribution in [3.63, 3.8) is 0 Å². The van der Waals surface area contributed by atoms with E-state index in [-0.39, 0.29) is 0 Å². The summed E-state index contributed by atoms with van der Waals surface area (Å²) >= 11 is 3.59. The molecule has 3 heterocycles. The van der Waals surface area contributed by atoms with Crippen LogP contribution < -0.4 is 0 Å². The fourth-order valence-electron chi connectivity index (χ4n) is 4.69. The zero-order valence-electron chi connectivity index (χ0n) is 17.8. The number of rotatable bonds is 5. The number of hydrogen-bond donors (Lipinski definition) is 0. The molecule has 0 spiro atoms. The summed E-state index contributed by atoms with van der Waals surface area (Å²) in [6, 6.07) is 21.3. The minimum Gasteiger partial charge on any atom is -0.236 e. The van der Waals surface area contributed by atoms with E-state index in [2.05, 4.69) is 65.6 Å². The zero-order chi connectivity index (χ0) is 21.3. The van der Waals surface area contributed by atoms with E-state index in [0.717, 1.165) is 46.1 Å². The average Bonchev–Trinajstić information content (AvgIpc) is 3.24. The maximum Gasteiger partial charge on any atom is 0.127 e. The highest BCUT2D eigenvalue weighted by atomic mass is 32.2. The Morgan fingerprint density at radius 2 is 1.59 bits per heavy atom. The lowest BCUT2D eigenvalue weighted by atomic mass is 9.87. The summed E-state index contributed by atoms with van der Waals surface area (Å²) in [6.45, 7) is 0. The Balaban J connectivity index is 1.45. The molecule has 0 N–H and O–H groups in total. The molecule has 158 valence electrons. The lowest BCUT2D eigenvalue weighted by Crippen LogP contribution is -2.07. The predicted molar refractivity (Wildman–Crippen MR) is 136 cm³/mol. The summed E-state index contributed by atoms with van der Waals surface area (Å²) in [5, 5.41) is 2.35. The average molecular weight is 454 g/mol. The van der Waals surface area contributed by atoms with Gasteiger partial charge in [-0.3, -0.25) is 0 Å². The Morgan fingerprint density at radius 1 is 0.844 bits per heavy atom. The Kier molecular flexibility index (Phi) is 5.37. The number of benzene rings is 2. The van der Waals surface area contributed by atoms with Crippen molar-refractivity contribution in [2.75, 3.05) is 5.75 Å². The number of nitrogens with zero attached hydrogens (tertiary/aromatic N) is 3. The Hall–Kier alpha value is -2.76. The van der Waals surface area contributed by atoms with Crippen LogP contribution in [0.1, 0.15) is 29.5 Å². The van der Waals surface area contributed by atoms with Crippen LogP contribution in [-0.4, -0.2) is 20.7 Å². The summed E-state index contributed by atoms with van der Waals surface area (Å²) in [4.78, 5) is 15.7. The lowest BCUT2D eigenvalue weighted by Gasteiger charge is -2.20. The Bertz CT molecular complexity index is 1390. The first kappa shape index (κ1) is 19.9. The third-order valence-corrected chi connectivity index (χ3v) is 8.41. The number of hydrogen-bond acceptors (Lipinski definition) is 5. The zero-order valence-corrected chi connectivity index (χ0v) is 19.4. The second kappa shape index (κ2) is 8.64. The molecule has 0 radical (unpaired) electrons. The summed E-state index contributed by atoms with van der Waals surface area (Å²) < 4.78 is 1.19. The Morgan fingerprint density at radius 3 is 2.41 bits per heavy atom. The molecule has 0 saturated heterocycles. The van der Waals surface area contributed by atoms with E-state index >= 15 is 0 Å². The van der Waals surface area contributed by atoms with Crippen LogP contribution in [0.2, 0.25) is 0 Å². The smallest absolute Gasteiger partial charge is 0.127 e. The molecule has 1 aliphatic rings. The van der Waals surface area contributed by atoms with Crippen molar-refractivity contribution >= 4 is 43.5 Å². The van der Waals surface area contributed by atoms with Gasteiger partial charge < -0.3 is 0 Å². The molecule has 0 bridgehead atoms. The highest BCUT2D eigenvalue weighted by Crippen LogP contribution is 2.43. The molecule has 0 saturated carbocycles. The fourth-order valence-corrected chi connectivity index (χ4v) is 6.91. The molecule has 5 heteroatoms. The van der Waals surface area contributed by atoms with E-state index in [0.29, 0.717) is 0 Å². The standard InChI is InChI=1S/C27H23N3S2/c1-3-9-18(10-4-1)15-16-31-27-25-24(28-17-29-27)22-20-13-7-8-14-21(20)23(30-26(22)32-25)19-11-5-2-6-12-19/h1-6,9-12,17H,7-8,13-16H2. The molecule has 5 aromatic rings. The maximum absolute atomic E-state index is 5.21. The van der Waals surface area contributed by atoms with Gasteiger partial charge in [0.2, 0.25) is 0 Å². The van der Waals surface area contributed by atoms with Crippen LogP contribution in [0.5, 0.6) is 0 Å². The molecule has 0 unspecified atom stereocenters. The molecular formula is C27H23N3S2. The van der Waals surface area contributed by atoms with Gasteiger partial charge in [0.1, 0.15) is 16.2 Å². The maximum atomic E-state index is 5.21. The fraction of sp³-hybridized carbons (Fsp3) is 0.222. The molecule has 3 aromatic heterocycles. The van der Waals surface area contributed by atoms with E-state index in [1.807, 2.05) is 11.8 Å². The van der Waals surface area contributed by atoms with Gasteiger partial charge in [0.15, 0.2) is 0 Å². The van der Waals surface area contributed by atoms with Crippen LogP contribution in [0.25, 0.3) is 31.7 Å². The summed E-state index contributed by atoms with van der Waals surface area (Å²) in [5.74, 6) is 1.01. The number of thioether (sulfide) groups is 1. The van der Waals surface area contributed by atoms with Gasteiger partial charge in [-0.25, -0.2) is 15.0 Å². The normalized spacial score (nSPS) is 13.5. The minimum absolute atomic E-state index is 1.01. The first-order valence-corrected chi connectivity index (χ1v) is 13.0. The number of thiophene rings is 1. The SMILES string of the molecule is c1ccc(CCSc2ncnc3c2sc2nc(-c4ccccc4)c4c(c23)CCCC4)cc1. The van der Waals surface area contributed by atoms with E-state index in [1.54, 1.807) is 17.7 Å². The molecule has 1 aliphatic carbocycles. The van der Waals surface area contributed by atoms with Crippen molar-refractivity contribution in [1.29, 1.82) is 0 Å². The molecule has 3 nitrogen and oxygen atoms in total. The van der Waals surface area contributed by atoms with E-state index in [1.165, 1.54) is 45.2 Å². The van der Waals surface area contributed by atoms with Crippen molar-refractivity contribution in [3.05, 3.63) is 83.7 Å². The highest BCUT2D eigenvalue weighted by molar-refractivity contribution is 7.99. The number of pyridine rings is 1. The predicted octanol–water partition coefficient (Wildman–Crippen LogP) is 7.12. The van der Waals surface area contributed by atoms with Gasteiger partial charge in [0, 0.05) is 16.7 Å². The third-order valence-electron chi connectivity index (χ3n) is 6.21. The summed E-state index contributed by atoms with van der Waals surface area (Å²) in [7, 11) is 0. The highest BCUT2D eigenvalue weighted by Gasteiger charge is 2.23. The third kappa shape index (κ3) is 3.59. The van der Waals surface area contributed by atoms with Crippen LogP contribution in [0, 0.1) is 0 Å². The van der Waals surface area contributed by atoms with E-state index in [9.17, 15) is 0 Å². The van der Waals surface area contributed by atoms with Gasteiger partial charge in [-0.2, -0.15) is 0 Å². The van der Waals surface area contributed by atoms with Crippen molar-refractivity contribution in [1.82, 2.24) is 15.0 Å². The topological polar surface area (TPSA) is 38.7 Å². The van der Waals surface area contributed by atoms with Gasteiger partial charge in [0.05, 0.1) is 15.9 Å². The van der Waals surface area contributed by atoms with Crippen molar-refractivity contribution in [2.24, 2.45) is 0 Å². The molecule has 0 aliphatic heterocycles. The van der Waals surface area contributed by atoms with Gasteiger partial charge in [0.25, 0.3) is 0 Å². The van der Waals surface area contributed by atoms with E-state index < -0.39 is 0 Å². The van der Waals surface area contributed by atoms with Crippen LogP contribution in [0.15, 0.2) is 72.0 Å². The number of aromatic nitrogens is 3. The monoisotopic (exact) mass is 453 g/mol. The lowest BCUT2D eigenvalue weighted by molar-refractivity contribution is 0.689. The van der Waals surface area contributed by atoms with E-state index in [4.69, 9.17) is 9.97 Å². The summed E-state index contributed by atoms with van der Waals surface area (Å²) in [6.07, 6.45) is 7.45. The molecule has 2 aromatic carbocycles. The molecule has 0 amide bonds. The minimum atomic E-state index is 1.01.